The Morgan fingerprint density at radius 2 is 0.949 bits per heavy atom. The van der Waals surface area contributed by atoms with Crippen LogP contribution in [0, 0.1) is 0 Å². The van der Waals surface area contributed by atoms with Crippen molar-refractivity contribution in [1.29, 1.82) is 0 Å². The SMILES string of the molecule is CC(C)(C)c1ccc(C(c2ccc(C(C)(C)C)cc2)c2cc3c4c(c2)N2c5c(cc(C(C)(C)C)cc5C5(C)CCCCC25C)B4C2=C(N3c3ccc(C(C)(C)C)cc3-c3ccccc3)C(C)(C)c3cc(C(C)(C)C)ccc32)cc1. The molecule has 0 radical (unpaired) electrons. The molecule has 1 saturated carbocycles. The van der Waals surface area contributed by atoms with E-state index in [1.165, 1.54) is 131 Å². The van der Waals surface area contributed by atoms with Gasteiger partial charge in [0.1, 0.15) is 0 Å². The molecule has 2 nitrogen and oxygen atoms in total. The minimum absolute atomic E-state index is 0.00979. The second kappa shape index (κ2) is 17.5. The van der Waals surface area contributed by atoms with E-state index in [0.29, 0.717) is 0 Å². The van der Waals surface area contributed by atoms with Gasteiger partial charge in [0.2, 0.25) is 0 Å². The van der Waals surface area contributed by atoms with Crippen molar-refractivity contribution >= 4 is 45.9 Å². The van der Waals surface area contributed by atoms with Crippen molar-refractivity contribution in [3.8, 4) is 11.1 Å². The monoisotopic (exact) mass is 1040 g/mol. The molecule has 7 aromatic rings. The van der Waals surface area contributed by atoms with Gasteiger partial charge in [-0.05, 0) is 154 Å². The van der Waals surface area contributed by atoms with Crippen LogP contribution >= 0.6 is 0 Å². The first-order valence-electron chi connectivity index (χ1n) is 30.1. The van der Waals surface area contributed by atoms with E-state index in [0.717, 1.165) is 6.42 Å². The second-order valence-electron chi connectivity index (χ2n) is 31.0. The van der Waals surface area contributed by atoms with Crippen LogP contribution < -0.4 is 20.7 Å². The lowest BCUT2D eigenvalue weighted by Gasteiger charge is -2.53. The van der Waals surface area contributed by atoms with Crippen molar-refractivity contribution < 1.29 is 0 Å². The molecule has 79 heavy (non-hydrogen) atoms. The van der Waals surface area contributed by atoms with Gasteiger partial charge in [0, 0.05) is 45.1 Å². The summed E-state index contributed by atoms with van der Waals surface area (Å²) in [4.78, 5) is 5.80. The molecule has 1 fully saturated rings. The number of hydrogen-bond acceptors (Lipinski definition) is 2. The Morgan fingerprint density at radius 3 is 1.52 bits per heavy atom. The summed E-state index contributed by atoms with van der Waals surface area (Å²) in [6.45, 7) is 46.0. The summed E-state index contributed by atoms with van der Waals surface area (Å²) >= 11 is 0. The summed E-state index contributed by atoms with van der Waals surface area (Å²) in [5.74, 6) is -0.0301. The van der Waals surface area contributed by atoms with E-state index < -0.39 is 0 Å². The predicted molar refractivity (Wildman–Crippen MR) is 342 cm³/mol. The molecule has 2 atom stereocenters. The van der Waals surface area contributed by atoms with Gasteiger partial charge in [-0.25, -0.2) is 0 Å². The van der Waals surface area contributed by atoms with Gasteiger partial charge in [-0.1, -0.05) is 253 Å². The molecule has 3 heterocycles. The van der Waals surface area contributed by atoms with Crippen LogP contribution in [0.25, 0.3) is 16.6 Å². The molecule has 0 aromatic heterocycles. The zero-order chi connectivity index (χ0) is 56.5. The number of fused-ring (bicyclic) bond motifs is 8. The lowest BCUT2D eigenvalue weighted by molar-refractivity contribution is 0.195. The van der Waals surface area contributed by atoms with Gasteiger partial charge in [-0.3, -0.25) is 0 Å². The van der Waals surface area contributed by atoms with Crippen molar-refractivity contribution in [2.24, 2.45) is 0 Å². The average Bonchev–Trinajstić information content (AvgIpc) is 1.94. The lowest BCUT2D eigenvalue weighted by atomic mass is 9.32. The molecule has 0 N–H and O–H groups in total. The van der Waals surface area contributed by atoms with Crippen molar-refractivity contribution in [2.45, 2.75) is 207 Å². The highest BCUT2D eigenvalue weighted by Gasteiger charge is 2.63. The molecule has 3 heteroatoms. The first-order valence-corrected chi connectivity index (χ1v) is 30.1. The zero-order valence-electron chi connectivity index (χ0n) is 51.7. The zero-order valence-corrected chi connectivity index (χ0v) is 51.7. The Morgan fingerprint density at radius 1 is 0.443 bits per heavy atom. The van der Waals surface area contributed by atoms with Crippen LogP contribution in [0.4, 0.5) is 22.7 Å². The maximum atomic E-state index is 2.97. The van der Waals surface area contributed by atoms with Crippen LogP contribution in [-0.2, 0) is 37.9 Å². The molecule has 406 valence electrons. The highest BCUT2D eigenvalue weighted by atomic mass is 15.3. The van der Waals surface area contributed by atoms with Crippen LogP contribution in [0.2, 0.25) is 0 Å². The molecular weight excluding hydrogens is 952 g/mol. The van der Waals surface area contributed by atoms with Crippen molar-refractivity contribution in [3.05, 3.63) is 206 Å². The first kappa shape index (κ1) is 53.6. The average molecular weight is 1040 g/mol. The Balaban J connectivity index is 1.27. The highest BCUT2D eigenvalue weighted by molar-refractivity contribution is 7.03. The molecule has 0 spiro atoms. The van der Waals surface area contributed by atoms with E-state index in [4.69, 9.17) is 0 Å². The standard InChI is InChI=1S/C76H89BN2/c1-69(2,3)51-31-27-48(28-32-51)64(49-29-33-52(34-30-49)70(4,5)6)50-41-62-66-63(42-50)79-67-59(75(18)39-23-24-40-76(75,79)19)45-55(73(13,14)15)46-60(67)77(66)65-56-37-35-54(72(10,11)12)44-58(56)74(16,17)68(65)78(62)61-38-36-53(71(7,8)9)43-57(61)47-25-21-20-22-26-47/h20-22,25-38,41-46,64H,23-24,39-40H2,1-19H3. The number of nitrogens with zero attached hydrogens (tertiary/aromatic N) is 2. The van der Waals surface area contributed by atoms with E-state index in [2.05, 4.69) is 281 Å². The normalized spacial score (nSPS) is 20.3. The molecule has 7 aromatic carbocycles. The van der Waals surface area contributed by atoms with Gasteiger partial charge >= 0.3 is 0 Å². The summed E-state index contributed by atoms with van der Waals surface area (Å²) in [6, 6.07) is 56.6. The summed E-state index contributed by atoms with van der Waals surface area (Å²) < 4.78 is 0. The molecule has 0 saturated heterocycles. The first-order chi connectivity index (χ1) is 36.8. The van der Waals surface area contributed by atoms with Crippen LogP contribution in [0.1, 0.15) is 224 Å². The number of rotatable bonds is 5. The minimum Gasteiger partial charge on any atom is -0.335 e. The largest absolute Gasteiger partial charge is 0.335 e. The summed E-state index contributed by atoms with van der Waals surface area (Å²) in [5.41, 5.74) is 28.5. The molecule has 0 bridgehead atoms. The Bertz CT molecular complexity index is 3570. The Hall–Kier alpha value is -6.06. The third kappa shape index (κ3) is 8.14. The van der Waals surface area contributed by atoms with Gasteiger partial charge in [0.15, 0.2) is 0 Å². The molecule has 3 aliphatic heterocycles. The Kier molecular flexibility index (Phi) is 11.9. The second-order valence-corrected chi connectivity index (χ2v) is 31.0. The molecule has 0 amide bonds. The van der Waals surface area contributed by atoms with Crippen LogP contribution in [-0.4, -0.2) is 12.3 Å². The van der Waals surface area contributed by atoms with Gasteiger partial charge in [0.25, 0.3) is 6.71 Å². The fourth-order valence-electron chi connectivity index (χ4n) is 15.2. The van der Waals surface area contributed by atoms with E-state index >= 15 is 0 Å². The smallest absolute Gasteiger partial charge is 0.252 e. The van der Waals surface area contributed by atoms with Crippen LogP contribution in [0.15, 0.2) is 145 Å². The maximum Gasteiger partial charge on any atom is 0.252 e. The predicted octanol–water partition coefficient (Wildman–Crippen LogP) is 19.1. The fourth-order valence-corrected chi connectivity index (χ4v) is 15.2. The topological polar surface area (TPSA) is 6.48 Å². The summed E-state index contributed by atoms with van der Waals surface area (Å²) in [6.07, 6.45) is 4.81. The van der Waals surface area contributed by atoms with E-state index in [9.17, 15) is 0 Å². The van der Waals surface area contributed by atoms with E-state index in [1.54, 1.807) is 5.56 Å². The summed E-state index contributed by atoms with van der Waals surface area (Å²) in [7, 11) is 0. The van der Waals surface area contributed by atoms with Crippen LogP contribution in [0.3, 0.4) is 0 Å². The van der Waals surface area contributed by atoms with Gasteiger partial charge < -0.3 is 9.80 Å². The van der Waals surface area contributed by atoms with E-state index in [1.807, 2.05) is 0 Å². The van der Waals surface area contributed by atoms with Crippen molar-refractivity contribution in [2.75, 3.05) is 9.80 Å². The maximum absolute atomic E-state index is 2.97. The van der Waals surface area contributed by atoms with Crippen molar-refractivity contribution in [1.82, 2.24) is 0 Å². The molecule has 5 aliphatic rings. The van der Waals surface area contributed by atoms with E-state index in [-0.39, 0.29) is 56.1 Å². The minimum atomic E-state index is -0.366. The summed E-state index contributed by atoms with van der Waals surface area (Å²) in [5, 5.41) is 0. The molecule has 2 aliphatic carbocycles. The fraction of sp³-hybridized carbons (Fsp3) is 0.421. The molecular formula is C76H89BN2. The van der Waals surface area contributed by atoms with Gasteiger partial charge in [-0.15, -0.1) is 0 Å². The number of benzene rings is 7. The molecule has 12 rings (SSSR count). The highest BCUT2D eigenvalue weighted by Crippen LogP contribution is 2.65. The number of anilines is 4. The van der Waals surface area contributed by atoms with Crippen molar-refractivity contribution in [3.63, 3.8) is 0 Å². The lowest BCUT2D eigenvalue weighted by Crippen LogP contribution is -2.61. The Labute approximate surface area is 477 Å². The quantitative estimate of drug-likeness (QED) is 0.125. The van der Waals surface area contributed by atoms with Crippen LogP contribution in [0.5, 0.6) is 0 Å². The van der Waals surface area contributed by atoms with Gasteiger partial charge in [0.05, 0.1) is 11.2 Å². The van der Waals surface area contributed by atoms with Gasteiger partial charge in [-0.2, -0.15) is 0 Å². The number of hydrogen-bond donors (Lipinski definition) is 0. The third-order valence-electron chi connectivity index (χ3n) is 20.3. The third-order valence-corrected chi connectivity index (χ3v) is 20.3. The number of allylic oxidation sites excluding steroid dienone is 1. The molecule has 2 unspecified atom stereocenters.